The van der Waals surface area contributed by atoms with Gasteiger partial charge in [0.2, 0.25) is 11.8 Å². The fourth-order valence-electron chi connectivity index (χ4n) is 3.28. The van der Waals surface area contributed by atoms with Gasteiger partial charge in [-0.05, 0) is 38.5 Å². The average molecular weight is 484 g/mol. The van der Waals surface area contributed by atoms with E-state index in [2.05, 4.69) is 4.98 Å². The van der Waals surface area contributed by atoms with Crippen LogP contribution >= 0.6 is 0 Å². The predicted octanol–water partition coefficient (Wildman–Crippen LogP) is 2.46. The van der Waals surface area contributed by atoms with Crippen molar-refractivity contribution < 1.29 is 28.7 Å². The van der Waals surface area contributed by atoms with Gasteiger partial charge in [0.1, 0.15) is 25.3 Å². The molecule has 2 amide bonds. The molecule has 35 heavy (non-hydrogen) atoms. The zero-order chi connectivity index (χ0) is 25.8. The number of hydrogen-bond acceptors (Lipinski definition) is 7. The standard InChI is InChI=1S/C21H28N2O6.C5H5N/c1-21(2,3)29-19(26)13-23(20(27)16-10-17(24)22(4)11-16)12-18(25)28-14-15-8-6-5-7-9-15;1-2-4-6-5-3-1/h5-9,16H,10-14H2,1-4H3;1-5H. The van der Waals surface area contributed by atoms with Crippen LogP contribution < -0.4 is 0 Å². The van der Waals surface area contributed by atoms with Gasteiger partial charge >= 0.3 is 11.9 Å². The van der Waals surface area contributed by atoms with E-state index in [1.807, 2.05) is 48.5 Å². The number of ether oxygens (including phenoxy) is 2. The molecule has 1 saturated heterocycles. The molecule has 0 bridgehead atoms. The number of esters is 2. The van der Waals surface area contributed by atoms with Gasteiger partial charge < -0.3 is 19.3 Å². The van der Waals surface area contributed by atoms with Crippen LogP contribution in [0.4, 0.5) is 0 Å². The Morgan fingerprint density at radius 2 is 1.60 bits per heavy atom. The molecule has 0 spiro atoms. The van der Waals surface area contributed by atoms with Crippen LogP contribution in [-0.4, -0.2) is 70.8 Å². The second-order valence-corrected chi connectivity index (χ2v) is 9.13. The first kappa shape index (κ1) is 27.5. The third kappa shape index (κ3) is 10.4. The molecule has 0 radical (unpaired) electrons. The van der Waals surface area contributed by atoms with Gasteiger partial charge in [-0.25, -0.2) is 0 Å². The van der Waals surface area contributed by atoms with Gasteiger partial charge in [0.25, 0.3) is 0 Å². The van der Waals surface area contributed by atoms with Crippen LogP contribution in [0.1, 0.15) is 32.8 Å². The summed E-state index contributed by atoms with van der Waals surface area (Å²) in [7, 11) is 1.61. The zero-order valence-corrected chi connectivity index (χ0v) is 20.7. The minimum atomic E-state index is -0.719. The molecule has 2 heterocycles. The quantitative estimate of drug-likeness (QED) is 0.557. The van der Waals surface area contributed by atoms with E-state index in [1.54, 1.807) is 40.2 Å². The van der Waals surface area contributed by atoms with Crippen molar-refractivity contribution in [2.24, 2.45) is 5.92 Å². The minimum Gasteiger partial charge on any atom is -0.459 e. The van der Waals surface area contributed by atoms with E-state index in [9.17, 15) is 19.2 Å². The summed E-state index contributed by atoms with van der Waals surface area (Å²) in [5, 5.41) is 0. The summed E-state index contributed by atoms with van der Waals surface area (Å²) in [6.07, 6.45) is 3.55. The lowest BCUT2D eigenvalue weighted by atomic mass is 10.1. The van der Waals surface area contributed by atoms with Crippen LogP contribution in [-0.2, 0) is 35.3 Å². The third-order valence-corrected chi connectivity index (χ3v) is 4.87. The summed E-state index contributed by atoms with van der Waals surface area (Å²) in [5.74, 6) is -2.45. The first-order chi connectivity index (χ1) is 16.5. The summed E-state index contributed by atoms with van der Waals surface area (Å²) >= 11 is 0. The van der Waals surface area contributed by atoms with Crippen molar-refractivity contribution in [2.45, 2.75) is 39.4 Å². The number of hydrogen-bond donors (Lipinski definition) is 0. The summed E-state index contributed by atoms with van der Waals surface area (Å²) in [6, 6.07) is 14.9. The molecule has 188 valence electrons. The highest BCUT2D eigenvalue weighted by molar-refractivity contribution is 5.92. The Hall–Kier alpha value is -3.75. The van der Waals surface area contributed by atoms with Gasteiger partial charge in [-0.3, -0.25) is 24.2 Å². The summed E-state index contributed by atoms with van der Waals surface area (Å²) in [5.41, 5.74) is 0.0947. The highest BCUT2D eigenvalue weighted by atomic mass is 16.6. The summed E-state index contributed by atoms with van der Waals surface area (Å²) in [6.45, 7) is 4.70. The van der Waals surface area contributed by atoms with Crippen molar-refractivity contribution in [3.63, 3.8) is 0 Å². The number of carbonyl (C=O) groups is 4. The Bertz CT molecular complexity index is 949. The van der Waals surface area contributed by atoms with E-state index < -0.39 is 29.4 Å². The number of carbonyl (C=O) groups excluding carboxylic acids is 4. The SMILES string of the molecule is CN1CC(C(=O)N(CC(=O)OCc2ccccc2)CC(=O)OC(C)(C)C)CC1=O.c1ccncc1. The number of benzene rings is 1. The van der Waals surface area contributed by atoms with E-state index >= 15 is 0 Å². The van der Waals surface area contributed by atoms with Gasteiger partial charge in [0.15, 0.2) is 0 Å². The number of aromatic nitrogens is 1. The predicted molar refractivity (Wildman–Crippen MR) is 129 cm³/mol. The van der Waals surface area contributed by atoms with E-state index in [0.717, 1.165) is 10.5 Å². The van der Waals surface area contributed by atoms with Crippen LogP contribution in [0.25, 0.3) is 0 Å². The third-order valence-electron chi connectivity index (χ3n) is 4.87. The first-order valence-corrected chi connectivity index (χ1v) is 11.3. The maximum atomic E-state index is 12.9. The highest BCUT2D eigenvalue weighted by Gasteiger charge is 2.36. The molecule has 0 N–H and O–H groups in total. The van der Waals surface area contributed by atoms with Crippen molar-refractivity contribution in [1.29, 1.82) is 0 Å². The van der Waals surface area contributed by atoms with E-state index in [-0.39, 0.29) is 38.6 Å². The molecule has 9 heteroatoms. The average Bonchev–Trinajstić information content (AvgIpc) is 3.16. The van der Waals surface area contributed by atoms with Gasteiger partial charge in [-0.15, -0.1) is 0 Å². The molecule has 1 aromatic heterocycles. The van der Waals surface area contributed by atoms with Gasteiger partial charge in [0.05, 0.1) is 5.92 Å². The van der Waals surface area contributed by atoms with Crippen LogP contribution in [0.15, 0.2) is 60.9 Å². The van der Waals surface area contributed by atoms with Crippen LogP contribution in [0, 0.1) is 5.92 Å². The molecule has 0 aliphatic carbocycles. The number of nitrogens with zero attached hydrogens (tertiary/aromatic N) is 3. The Labute approximate surface area is 206 Å². The molecule has 1 aliphatic heterocycles. The van der Waals surface area contributed by atoms with Crippen LogP contribution in [0.5, 0.6) is 0 Å². The number of rotatable bonds is 7. The molecule has 9 nitrogen and oxygen atoms in total. The van der Waals surface area contributed by atoms with E-state index in [4.69, 9.17) is 9.47 Å². The first-order valence-electron chi connectivity index (χ1n) is 11.3. The number of amides is 2. The topological polar surface area (TPSA) is 106 Å². The van der Waals surface area contributed by atoms with Crippen molar-refractivity contribution in [3.8, 4) is 0 Å². The van der Waals surface area contributed by atoms with Crippen molar-refractivity contribution in [3.05, 3.63) is 66.5 Å². The Morgan fingerprint density at radius 1 is 1.00 bits per heavy atom. The lowest BCUT2D eigenvalue weighted by molar-refractivity contribution is -0.162. The largest absolute Gasteiger partial charge is 0.459 e. The van der Waals surface area contributed by atoms with Gasteiger partial charge in [-0.2, -0.15) is 0 Å². The smallest absolute Gasteiger partial charge is 0.326 e. The molecular formula is C26H33N3O6. The normalized spacial score (nSPS) is 15.0. The van der Waals surface area contributed by atoms with Crippen molar-refractivity contribution >= 4 is 23.8 Å². The zero-order valence-electron chi connectivity index (χ0n) is 20.7. The highest BCUT2D eigenvalue weighted by Crippen LogP contribution is 2.19. The number of likely N-dealkylation sites (tertiary alicyclic amines) is 1. The maximum absolute atomic E-state index is 12.9. The molecule has 1 unspecified atom stereocenters. The lowest BCUT2D eigenvalue weighted by Crippen LogP contribution is -2.45. The fraction of sp³-hybridized carbons (Fsp3) is 0.423. The molecule has 2 aromatic rings. The van der Waals surface area contributed by atoms with Gasteiger partial charge in [-0.1, -0.05) is 36.4 Å². The van der Waals surface area contributed by atoms with E-state index in [0.29, 0.717) is 0 Å². The Morgan fingerprint density at radius 3 is 2.09 bits per heavy atom. The molecule has 0 saturated carbocycles. The second kappa shape index (κ2) is 13.2. The summed E-state index contributed by atoms with van der Waals surface area (Å²) < 4.78 is 10.5. The van der Waals surface area contributed by atoms with E-state index in [1.165, 1.54) is 4.90 Å². The van der Waals surface area contributed by atoms with Crippen molar-refractivity contribution in [1.82, 2.24) is 14.8 Å². The molecule has 1 aromatic carbocycles. The van der Waals surface area contributed by atoms with Gasteiger partial charge in [0, 0.05) is 32.4 Å². The minimum absolute atomic E-state index is 0.0548. The fourth-order valence-corrected chi connectivity index (χ4v) is 3.28. The second-order valence-electron chi connectivity index (χ2n) is 9.13. The Balaban J connectivity index is 0.000000625. The monoisotopic (exact) mass is 483 g/mol. The maximum Gasteiger partial charge on any atom is 0.326 e. The van der Waals surface area contributed by atoms with Crippen LogP contribution in [0.3, 0.4) is 0 Å². The molecule has 1 aliphatic rings. The van der Waals surface area contributed by atoms with Crippen LogP contribution in [0.2, 0.25) is 0 Å². The number of pyridine rings is 1. The molecule has 1 atom stereocenters. The molecule has 1 fully saturated rings. The Kier molecular flexibility index (Phi) is 10.4. The summed E-state index contributed by atoms with van der Waals surface area (Å²) in [4.78, 5) is 55.5. The lowest BCUT2D eigenvalue weighted by Gasteiger charge is -2.26. The molecule has 3 rings (SSSR count). The molecular weight excluding hydrogens is 450 g/mol. The van der Waals surface area contributed by atoms with Crippen molar-refractivity contribution in [2.75, 3.05) is 26.7 Å².